The summed E-state index contributed by atoms with van der Waals surface area (Å²) in [5.74, 6) is -0.393. The van der Waals surface area contributed by atoms with E-state index in [0.717, 1.165) is 61.1 Å². The van der Waals surface area contributed by atoms with Crippen LogP contribution >= 0.6 is 23.2 Å². The van der Waals surface area contributed by atoms with Crippen molar-refractivity contribution < 1.29 is 14.0 Å². The zero-order chi connectivity index (χ0) is 29.9. The van der Waals surface area contributed by atoms with Gasteiger partial charge in [0.05, 0.1) is 16.1 Å². The molecular weight excluding hydrogens is 600 g/mol. The van der Waals surface area contributed by atoms with E-state index in [4.69, 9.17) is 28.2 Å². The average molecular weight is 631 g/mol. The quantitative estimate of drug-likeness (QED) is 0.261. The van der Waals surface area contributed by atoms with Gasteiger partial charge in [0.15, 0.2) is 0 Å². The number of hydrogen-bond acceptors (Lipinski definition) is 4. The summed E-state index contributed by atoms with van der Waals surface area (Å²) >= 11 is 12.8. The van der Waals surface area contributed by atoms with Gasteiger partial charge < -0.3 is 15.2 Å². The van der Waals surface area contributed by atoms with Crippen LogP contribution in [0.1, 0.15) is 71.2 Å². The van der Waals surface area contributed by atoms with Crippen molar-refractivity contribution in [1.29, 1.82) is 0 Å². The Kier molecular flexibility index (Phi) is 5.82. The Morgan fingerprint density at radius 1 is 1.07 bits per heavy atom. The lowest BCUT2D eigenvalue weighted by Gasteiger charge is -2.40. The molecule has 4 aromatic rings. The van der Waals surface area contributed by atoms with Crippen molar-refractivity contribution in [3.63, 3.8) is 0 Å². The van der Waals surface area contributed by atoms with Crippen LogP contribution in [-0.2, 0) is 16.9 Å². The maximum atomic E-state index is 16.3. The molecule has 3 aliphatic heterocycles. The van der Waals surface area contributed by atoms with Crippen LogP contribution in [0.4, 0.5) is 10.1 Å². The van der Waals surface area contributed by atoms with Crippen LogP contribution in [-0.4, -0.2) is 44.9 Å². The summed E-state index contributed by atoms with van der Waals surface area (Å²) in [6, 6.07) is 16.5. The highest BCUT2D eigenvalue weighted by atomic mass is 35.5. The first-order valence-corrected chi connectivity index (χ1v) is 16.2. The Morgan fingerprint density at radius 2 is 1.91 bits per heavy atom. The molecule has 0 bridgehead atoms. The number of carbonyl (C=O) groups is 2. The van der Waals surface area contributed by atoms with Gasteiger partial charge in [0.25, 0.3) is 5.91 Å². The molecule has 3 aromatic carbocycles. The Labute approximate surface area is 263 Å². The highest BCUT2D eigenvalue weighted by Gasteiger charge is 2.69. The van der Waals surface area contributed by atoms with Crippen molar-refractivity contribution in [2.45, 2.75) is 68.1 Å². The fourth-order valence-corrected chi connectivity index (χ4v) is 8.59. The van der Waals surface area contributed by atoms with Crippen molar-refractivity contribution in [1.82, 2.24) is 19.8 Å². The van der Waals surface area contributed by atoms with E-state index in [-0.39, 0.29) is 34.8 Å². The molecule has 2 N–H and O–H groups in total. The van der Waals surface area contributed by atoms with E-state index in [1.54, 1.807) is 24.3 Å². The van der Waals surface area contributed by atoms with Gasteiger partial charge in [-0.15, -0.1) is 0 Å². The monoisotopic (exact) mass is 629 g/mol. The van der Waals surface area contributed by atoms with Gasteiger partial charge in [0, 0.05) is 58.8 Å². The van der Waals surface area contributed by atoms with Gasteiger partial charge in [-0.3, -0.25) is 14.5 Å². The molecule has 44 heavy (non-hydrogen) atoms. The van der Waals surface area contributed by atoms with Crippen LogP contribution in [0, 0.1) is 11.7 Å². The summed E-state index contributed by atoms with van der Waals surface area (Å²) in [5.41, 5.74) is 2.95. The Balaban J connectivity index is 1.28. The lowest BCUT2D eigenvalue weighted by molar-refractivity contribution is -0.128. The number of fused-ring (bicyclic) bond motifs is 7. The number of anilines is 1. The number of rotatable bonds is 5. The second kappa shape index (κ2) is 9.52. The van der Waals surface area contributed by atoms with E-state index >= 15 is 4.39 Å². The van der Waals surface area contributed by atoms with Gasteiger partial charge in [-0.2, -0.15) is 0 Å². The average Bonchev–Trinajstić information content (AvgIpc) is 3.92. The molecule has 2 saturated carbocycles. The Morgan fingerprint density at radius 3 is 2.70 bits per heavy atom. The van der Waals surface area contributed by atoms with Crippen LogP contribution in [0.2, 0.25) is 10.0 Å². The predicted molar refractivity (Wildman–Crippen MR) is 167 cm³/mol. The summed E-state index contributed by atoms with van der Waals surface area (Å²) in [4.78, 5) is 35.0. The van der Waals surface area contributed by atoms with Gasteiger partial charge in [0.1, 0.15) is 17.2 Å². The number of aryl methyl sites for hydroxylation is 1. The first-order chi connectivity index (χ1) is 21.3. The third kappa shape index (κ3) is 3.80. The van der Waals surface area contributed by atoms with Crippen molar-refractivity contribution in [3.8, 4) is 0 Å². The zero-order valence-electron chi connectivity index (χ0n) is 23.8. The first kappa shape index (κ1) is 26.9. The molecule has 7 nitrogen and oxygen atoms in total. The minimum Gasteiger partial charge on any atom is -0.349 e. The van der Waals surface area contributed by atoms with Crippen LogP contribution < -0.4 is 10.6 Å². The van der Waals surface area contributed by atoms with Gasteiger partial charge in [0.2, 0.25) is 5.91 Å². The summed E-state index contributed by atoms with van der Waals surface area (Å²) in [6.07, 6.45) is 5.02. The molecule has 1 saturated heterocycles. The Hall–Kier alpha value is -3.46. The number of benzene rings is 3. The third-order valence-electron chi connectivity index (χ3n) is 10.4. The lowest BCUT2D eigenvalue weighted by atomic mass is 9.70. The minimum absolute atomic E-state index is 0.0280. The molecule has 4 atom stereocenters. The second-order valence-corrected chi connectivity index (χ2v) is 13.9. The van der Waals surface area contributed by atoms with Gasteiger partial charge in [-0.05, 0) is 80.0 Å². The van der Waals surface area contributed by atoms with Gasteiger partial charge in [-0.25, -0.2) is 9.37 Å². The summed E-state index contributed by atoms with van der Waals surface area (Å²) < 4.78 is 18.5. The number of imidazole rings is 1. The van der Waals surface area contributed by atoms with Gasteiger partial charge in [-0.1, -0.05) is 41.4 Å². The normalized spacial score (nSPS) is 27.3. The molecule has 3 fully saturated rings. The fourth-order valence-electron chi connectivity index (χ4n) is 8.23. The molecule has 2 amide bonds. The van der Waals surface area contributed by atoms with Crippen LogP contribution in [0.15, 0.2) is 54.6 Å². The molecule has 1 spiro atoms. The number of nitrogens with one attached hydrogen (secondary N) is 2. The van der Waals surface area contributed by atoms with E-state index in [1.165, 1.54) is 0 Å². The lowest BCUT2D eigenvalue weighted by Crippen LogP contribution is -2.53. The van der Waals surface area contributed by atoms with Crippen LogP contribution in [0.3, 0.4) is 0 Å². The summed E-state index contributed by atoms with van der Waals surface area (Å²) in [6.45, 7) is 1.44. The highest BCUT2D eigenvalue weighted by Crippen LogP contribution is 2.64. The summed E-state index contributed by atoms with van der Waals surface area (Å²) in [5, 5.41) is 6.76. The highest BCUT2D eigenvalue weighted by molar-refractivity contribution is 6.31. The predicted octanol–water partition coefficient (Wildman–Crippen LogP) is 6.59. The topological polar surface area (TPSA) is 79.3 Å². The smallest absolute Gasteiger partial charge is 0.251 e. The molecule has 0 radical (unpaired) electrons. The summed E-state index contributed by atoms with van der Waals surface area (Å²) in [7, 11) is 0. The maximum absolute atomic E-state index is 16.3. The largest absolute Gasteiger partial charge is 0.349 e. The number of hydrogen-bond donors (Lipinski definition) is 2. The second-order valence-electron chi connectivity index (χ2n) is 13.1. The first-order valence-electron chi connectivity index (χ1n) is 15.5. The standard InChI is InChI=1S/C34H30Cl2FN5O2/c35-19-7-10-22-24(15-19)40-33(44)34(22)29(21-2-1-3-23(36)30(21)37)28-27(42(34)16-17-4-5-17)12-13-41-26-11-6-18(14-25(26)39-31(28)41)32(43)38-20-8-9-20/h1-3,6-7,10-11,14-15,17,20,27-29H,4-5,8-9,12-13,16H2,(H,38,43)(H,40,44)/t27-,28+,29-,34+/m0/s1. The Bertz CT molecular complexity index is 1900. The van der Waals surface area contributed by atoms with E-state index in [1.807, 2.05) is 30.3 Å². The SMILES string of the molecule is O=C(NC1CC1)c1ccc2c(c1)nc1n2CC[C@H]2[C@@H]1[C@H](c1cccc(Cl)c1F)[C@]1(C(=O)Nc3cc(Cl)ccc31)N2CC1CC1. The number of nitrogens with zero attached hydrogens (tertiary/aromatic N) is 3. The molecule has 0 unspecified atom stereocenters. The molecule has 2 aliphatic carbocycles. The zero-order valence-corrected chi connectivity index (χ0v) is 25.3. The van der Waals surface area contributed by atoms with E-state index < -0.39 is 17.3 Å². The fraction of sp³-hybridized carbons (Fsp3) is 0.382. The maximum Gasteiger partial charge on any atom is 0.251 e. The van der Waals surface area contributed by atoms with Gasteiger partial charge >= 0.3 is 0 Å². The molecule has 9 rings (SSSR count). The number of aromatic nitrogens is 2. The number of amides is 2. The minimum atomic E-state index is -1.17. The third-order valence-corrected chi connectivity index (χ3v) is 11.0. The molecule has 10 heteroatoms. The molecule has 1 aromatic heterocycles. The van der Waals surface area contributed by atoms with Crippen molar-refractivity contribution >= 4 is 51.7 Å². The van der Waals surface area contributed by atoms with E-state index in [9.17, 15) is 9.59 Å². The van der Waals surface area contributed by atoms with Crippen molar-refractivity contribution in [2.24, 2.45) is 5.92 Å². The molecule has 224 valence electrons. The molecular formula is C34H30Cl2FN5O2. The molecule has 4 heterocycles. The van der Waals surface area contributed by atoms with Crippen molar-refractivity contribution in [3.05, 3.63) is 93.0 Å². The van der Waals surface area contributed by atoms with Crippen molar-refractivity contribution in [2.75, 3.05) is 11.9 Å². The van der Waals surface area contributed by atoms with Crippen LogP contribution in [0.5, 0.6) is 0 Å². The van der Waals surface area contributed by atoms with E-state index in [0.29, 0.717) is 34.3 Å². The number of halogens is 3. The molecule has 5 aliphatic rings. The van der Waals surface area contributed by atoms with Crippen LogP contribution in [0.25, 0.3) is 11.0 Å². The number of likely N-dealkylation sites (tertiary alicyclic amines) is 1. The number of carbonyl (C=O) groups excluding carboxylic acids is 2. The van der Waals surface area contributed by atoms with E-state index in [2.05, 4.69) is 20.1 Å².